The topological polar surface area (TPSA) is 71.2 Å². The number of carbonyl (C=O) groups is 1. The van der Waals surface area contributed by atoms with Gasteiger partial charge in [0, 0.05) is 23.8 Å². The van der Waals surface area contributed by atoms with Crippen molar-refractivity contribution in [3.8, 4) is 0 Å². The van der Waals surface area contributed by atoms with Crippen molar-refractivity contribution in [3.05, 3.63) is 23.4 Å². The van der Waals surface area contributed by atoms with E-state index in [1.165, 1.54) is 0 Å². The van der Waals surface area contributed by atoms with Gasteiger partial charge in [-0.05, 0) is 40.1 Å². The van der Waals surface area contributed by atoms with Crippen LogP contribution >= 0.6 is 0 Å². The third-order valence-electron chi connectivity index (χ3n) is 2.25. The molecule has 5 nitrogen and oxygen atoms in total. The van der Waals surface area contributed by atoms with Gasteiger partial charge in [-0.1, -0.05) is 0 Å². The SMILES string of the molecule is Cc1cc(C(=O)NC(C)CN(C)C)cc(N)n1. The summed E-state index contributed by atoms with van der Waals surface area (Å²) < 4.78 is 0. The highest BCUT2D eigenvalue weighted by atomic mass is 16.1. The molecule has 1 aromatic heterocycles. The summed E-state index contributed by atoms with van der Waals surface area (Å²) in [6.07, 6.45) is 0. The maximum atomic E-state index is 11.9. The van der Waals surface area contributed by atoms with E-state index in [1.54, 1.807) is 12.1 Å². The van der Waals surface area contributed by atoms with Gasteiger partial charge in [0.15, 0.2) is 0 Å². The Morgan fingerprint density at radius 1 is 1.53 bits per heavy atom. The predicted octanol–water partition coefficient (Wildman–Crippen LogP) is 0.652. The lowest BCUT2D eigenvalue weighted by atomic mass is 10.2. The average Bonchev–Trinajstić information content (AvgIpc) is 2.14. The zero-order chi connectivity index (χ0) is 13.0. The molecule has 1 unspecified atom stereocenters. The lowest BCUT2D eigenvalue weighted by molar-refractivity contribution is 0.0934. The molecule has 0 fully saturated rings. The largest absolute Gasteiger partial charge is 0.384 e. The third-order valence-corrected chi connectivity index (χ3v) is 2.25. The fourth-order valence-corrected chi connectivity index (χ4v) is 1.73. The number of hydrogen-bond donors (Lipinski definition) is 2. The Hall–Kier alpha value is -1.62. The quantitative estimate of drug-likeness (QED) is 0.805. The second kappa shape index (κ2) is 5.63. The van der Waals surface area contributed by atoms with Gasteiger partial charge in [-0.2, -0.15) is 0 Å². The first-order valence-electron chi connectivity index (χ1n) is 5.58. The molecule has 0 aliphatic rings. The molecule has 3 N–H and O–H groups in total. The van der Waals surface area contributed by atoms with Gasteiger partial charge in [0.2, 0.25) is 0 Å². The fraction of sp³-hybridized carbons (Fsp3) is 0.500. The Morgan fingerprint density at radius 2 is 2.18 bits per heavy atom. The van der Waals surface area contributed by atoms with Crippen LogP contribution in [0.15, 0.2) is 12.1 Å². The molecule has 1 rings (SSSR count). The van der Waals surface area contributed by atoms with Gasteiger partial charge < -0.3 is 16.0 Å². The number of anilines is 1. The van der Waals surface area contributed by atoms with Crippen molar-refractivity contribution in [2.24, 2.45) is 0 Å². The molecule has 1 heterocycles. The number of rotatable bonds is 4. The molecule has 0 saturated carbocycles. The number of amides is 1. The van der Waals surface area contributed by atoms with Crippen LogP contribution in [-0.4, -0.2) is 42.5 Å². The maximum Gasteiger partial charge on any atom is 0.251 e. The van der Waals surface area contributed by atoms with Crippen molar-refractivity contribution in [3.63, 3.8) is 0 Å². The molecule has 0 aliphatic carbocycles. The standard InChI is InChI=1S/C12H20N4O/c1-8-5-10(6-11(13)14-8)12(17)15-9(2)7-16(3)4/h5-6,9H,7H2,1-4H3,(H2,13,14)(H,15,17). The summed E-state index contributed by atoms with van der Waals surface area (Å²) in [5.41, 5.74) is 6.91. The summed E-state index contributed by atoms with van der Waals surface area (Å²) in [6.45, 7) is 4.58. The molecule has 0 aliphatic heterocycles. The van der Waals surface area contributed by atoms with Crippen LogP contribution in [0.25, 0.3) is 0 Å². The number of nitrogen functional groups attached to an aromatic ring is 1. The van der Waals surface area contributed by atoms with E-state index in [2.05, 4.69) is 10.3 Å². The summed E-state index contributed by atoms with van der Waals surface area (Å²) in [5, 5.41) is 2.92. The second-order valence-corrected chi connectivity index (χ2v) is 4.56. The molecule has 1 aromatic rings. The molecule has 0 aromatic carbocycles. The van der Waals surface area contributed by atoms with Gasteiger partial charge in [0.05, 0.1) is 0 Å². The van der Waals surface area contributed by atoms with Gasteiger partial charge >= 0.3 is 0 Å². The van der Waals surface area contributed by atoms with Gasteiger partial charge in [0.1, 0.15) is 5.82 Å². The minimum Gasteiger partial charge on any atom is -0.384 e. The number of aromatic nitrogens is 1. The highest BCUT2D eigenvalue weighted by Gasteiger charge is 2.11. The molecule has 1 atom stereocenters. The van der Waals surface area contributed by atoms with Crippen LogP contribution in [-0.2, 0) is 0 Å². The molecule has 0 spiro atoms. The Morgan fingerprint density at radius 3 is 2.71 bits per heavy atom. The fourth-order valence-electron chi connectivity index (χ4n) is 1.73. The number of nitrogens with two attached hydrogens (primary N) is 1. The van der Waals surface area contributed by atoms with Crippen molar-refractivity contribution < 1.29 is 4.79 Å². The number of carbonyl (C=O) groups excluding carboxylic acids is 1. The number of likely N-dealkylation sites (N-methyl/N-ethyl adjacent to an activating group) is 1. The van der Waals surface area contributed by atoms with Crippen molar-refractivity contribution >= 4 is 11.7 Å². The number of hydrogen-bond acceptors (Lipinski definition) is 4. The van der Waals surface area contributed by atoms with Crippen LogP contribution < -0.4 is 11.1 Å². The molecular weight excluding hydrogens is 216 g/mol. The molecule has 0 bridgehead atoms. The van der Waals surface area contributed by atoms with Crippen LogP contribution in [0.4, 0.5) is 5.82 Å². The van der Waals surface area contributed by atoms with Crippen LogP contribution in [0.1, 0.15) is 23.0 Å². The highest BCUT2D eigenvalue weighted by molar-refractivity contribution is 5.95. The van der Waals surface area contributed by atoms with E-state index in [0.29, 0.717) is 11.4 Å². The average molecular weight is 236 g/mol. The van der Waals surface area contributed by atoms with Crippen molar-refractivity contribution in [2.75, 3.05) is 26.4 Å². The molecule has 0 saturated heterocycles. The Bertz CT molecular complexity index is 383. The number of nitrogens with zero attached hydrogens (tertiary/aromatic N) is 2. The molecular formula is C12H20N4O. The molecule has 5 heteroatoms. The van der Waals surface area contributed by atoms with E-state index >= 15 is 0 Å². The van der Waals surface area contributed by atoms with Crippen LogP contribution in [0.3, 0.4) is 0 Å². The van der Waals surface area contributed by atoms with E-state index < -0.39 is 0 Å². The molecule has 1 amide bonds. The van der Waals surface area contributed by atoms with Gasteiger partial charge in [-0.3, -0.25) is 4.79 Å². The van der Waals surface area contributed by atoms with Crippen LogP contribution in [0, 0.1) is 6.92 Å². The van der Waals surface area contributed by atoms with Gasteiger partial charge in [0.25, 0.3) is 5.91 Å². The zero-order valence-corrected chi connectivity index (χ0v) is 10.8. The molecule has 0 radical (unpaired) electrons. The van der Waals surface area contributed by atoms with Crippen molar-refractivity contribution in [1.29, 1.82) is 0 Å². The predicted molar refractivity (Wildman–Crippen MR) is 68.9 cm³/mol. The van der Waals surface area contributed by atoms with Crippen molar-refractivity contribution in [2.45, 2.75) is 19.9 Å². The Labute approximate surface area is 102 Å². The minimum atomic E-state index is -0.114. The first-order chi connectivity index (χ1) is 7.88. The monoisotopic (exact) mass is 236 g/mol. The first-order valence-corrected chi connectivity index (χ1v) is 5.58. The summed E-state index contributed by atoms with van der Waals surface area (Å²) >= 11 is 0. The summed E-state index contributed by atoms with van der Waals surface area (Å²) in [7, 11) is 3.94. The first kappa shape index (κ1) is 13.4. The number of nitrogens with one attached hydrogen (secondary N) is 1. The van der Waals surface area contributed by atoms with Gasteiger partial charge in [-0.25, -0.2) is 4.98 Å². The smallest absolute Gasteiger partial charge is 0.251 e. The van der Waals surface area contributed by atoms with Crippen molar-refractivity contribution in [1.82, 2.24) is 15.2 Å². The highest BCUT2D eigenvalue weighted by Crippen LogP contribution is 2.07. The maximum absolute atomic E-state index is 11.9. The number of pyridine rings is 1. The van der Waals surface area contributed by atoms with E-state index in [4.69, 9.17) is 5.73 Å². The third kappa shape index (κ3) is 4.40. The zero-order valence-electron chi connectivity index (χ0n) is 10.8. The minimum absolute atomic E-state index is 0.0900. The van der Waals surface area contributed by atoms with E-state index in [1.807, 2.05) is 32.8 Å². The normalized spacial score (nSPS) is 12.5. The van der Waals surface area contributed by atoms with Gasteiger partial charge in [-0.15, -0.1) is 0 Å². The lowest BCUT2D eigenvalue weighted by Gasteiger charge is -2.18. The summed E-state index contributed by atoms with van der Waals surface area (Å²) in [4.78, 5) is 18.0. The summed E-state index contributed by atoms with van der Waals surface area (Å²) in [5.74, 6) is 0.256. The van der Waals surface area contributed by atoms with Crippen LogP contribution in [0.2, 0.25) is 0 Å². The summed E-state index contributed by atoms with van der Waals surface area (Å²) in [6, 6.07) is 3.41. The van der Waals surface area contributed by atoms with E-state index in [9.17, 15) is 4.79 Å². The van der Waals surface area contributed by atoms with E-state index in [0.717, 1.165) is 12.2 Å². The Balaban J connectivity index is 2.69. The second-order valence-electron chi connectivity index (χ2n) is 4.56. The lowest BCUT2D eigenvalue weighted by Crippen LogP contribution is -2.39. The molecule has 94 valence electrons. The Kier molecular flexibility index (Phi) is 4.45. The van der Waals surface area contributed by atoms with Crippen LogP contribution in [0.5, 0.6) is 0 Å². The van der Waals surface area contributed by atoms with E-state index in [-0.39, 0.29) is 11.9 Å². The number of aryl methyl sites for hydroxylation is 1. The molecule has 17 heavy (non-hydrogen) atoms.